The van der Waals surface area contributed by atoms with Crippen molar-refractivity contribution in [2.24, 2.45) is 11.1 Å². The van der Waals surface area contributed by atoms with Crippen LogP contribution in [-0.4, -0.2) is 32.4 Å². The van der Waals surface area contributed by atoms with E-state index in [1.165, 1.54) is 19.2 Å². The first-order valence-electron chi connectivity index (χ1n) is 7.79. The van der Waals surface area contributed by atoms with Crippen LogP contribution in [0.2, 0.25) is 10.0 Å². The lowest BCUT2D eigenvalue weighted by Gasteiger charge is -2.16. The summed E-state index contributed by atoms with van der Waals surface area (Å²) in [7, 11) is -2.22. The van der Waals surface area contributed by atoms with Gasteiger partial charge in [-0.2, -0.15) is 0 Å². The lowest BCUT2D eigenvalue weighted by atomic mass is 10.00. The number of rotatable bonds is 6. The summed E-state index contributed by atoms with van der Waals surface area (Å²) in [5.41, 5.74) is 5.80. The van der Waals surface area contributed by atoms with Gasteiger partial charge in [-0.15, -0.1) is 0 Å². The zero-order chi connectivity index (χ0) is 19.1. The minimum absolute atomic E-state index is 0.108. The highest BCUT2D eigenvalue weighted by Gasteiger charge is 2.73. The molecular weight excluding hydrogens is 413 g/mol. The minimum Gasteiger partial charge on any atom is -0.393 e. The van der Waals surface area contributed by atoms with Gasteiger partial charge in [0.05, 0.1) is 27.2 Å². The smallest absolute Gasteiger partial charge is 0.182 e. The molecule has 2 aromatic rings. The first-order chi connectivity index (χ1) is 12.2. The number of halogens is 2. The fourth-order valence-corrected chi connectivity index (χ4v) is 6.68. The molecule has 0 amide bonds. The SMILES string of the molecule is COC[C@]1(C(N)=S)[C@H](c2cccc(Cl)c2)[C@H]1S(=O)(=O)c1ccc(Cl)cc1. The number of hydrogen-bond acceptors (Lipinski definition) is 4. The molecule has 1 aliphatic rings. The first kappa shape index (κ1) is 19.6. The van der Waals surface area contributed by atoms with Gasteiger partial charge >= 0.3 is 0 Å². The fraction of sp³-hybridized carbons (Fsp3) is 0.278. The normalized spacial score (nSPS) is 25.0. The number of thiocarbonyl (C=S) groups is 1. The summed E-state index contributed by atoms with van der Waals surface area (Å²) >= 11 is 17.3. The van der Waals surface area contributed by atoms with Crippen molar-refractivity contribution in [3.63, 3.8) is 0 Å². The van der Waals surface area contributed by atoms with Gasteiger partial charge in [-0.05, 0) is 42.0 Å². The molecule has 138 valence electrons. The second-order valence-corrected chi connectivity index (χ2v) is 9.67. The van der Waals surface area contributed by atoms with Gasteiger partial charge in [0.1, 0.15) is 0 Å². The molecule has 0 radical (unpaired) electrons. The maximum absolute atomic E-state index is 13.3. The van der Waals surface area contributed by atoms with Gasteiger partial charge in [0.25, 0.3) is 0 Å². The molecule has 2 N–H and O–H groups in total. The molecule has 0 spiro atoms. The highest BCUT2D eigenvalue weighted by atomic mass is 35.5. The highest BCUT2D eigenvalue weighted by Crippen LogP contribution is 2.64. The molecule has 26 heavy (non-hydrogen) atoms. The summed E-state index contributed by atoms with van der Waals surface area (Å²) in [4.78, 5) is 0.292. The molecule has 4 nitrogen and oxygen atoms in total. The minimum atomic E-state index is -3.72. The van der Waals surface area contributed by atoms with Crippen molar-refractivity contribution in [3.05, 3.63) is 64.1 Å². The molecule has 0 saturated heterocycles. The van der Waals surface area contributed by atoms with E-state index in [4.69, 9.17) is 45.9 Å². The number of hydrogen-bond donors (Lipinski definition) is 1. The monoisotopic (exact) mass is 429 g/mol. The Balaban J connectivity index is 2.13. The Morgan fingerprint density at radius 1 is 1.19 bits per heavy atom. The number of nitrogens with two attached hydrogens (primary N) is 1. The maximum Gasteiger partial charge on any atom is 0.182 e. The van der Waals surface area contributed by atoms with E-state index in [1.807, 2.05) is 6.07 Å². The Bertz CT molecular complexity index is 947. The highest BCUT2D eigenvalue weighted by molar-refractivity contribution is 7.92. The number of ether oxygens (including phenoxy) is 1. The summed E-state index contributed by atoms with van der Waals surface area (Å²) in [6, 6.07) is 13.1. The van der Waals surface area contributed by atoms with Gasteiger partial charge in [-0.25, -0.2) is 8.42 Å². The van der Waals surface area contributed by atoms with Crippen LogP contribution in [0.3, 0.4) is 0 Å². The molecule has 1 aliphatic carbocycles. The molecule has 0 unspecified atom stereocenters. The summed E-state index contributed by atoms with van der Waals surface area (Å²) in [5, 5.41) is 0.155. The van der Waals surface area contributed by atoms with Crippen LogP contribution in [0.1, 0.15) is 11.5 Å². The van der Waals surface area contributed by atoms with E-state index in [0.29, 0.717) is 10.0 Å². The summed E-state index contributed by atoms with van der Waals surface area (Å²) in [5.74, 6) is -0.431. The van der Waals surface area contributed by atoms with Gasteiger partial charge < -0.3 is 10.5 Å². The van der Waals surface area contributed by atoms with Crippen molar-refractivity contribution in [2.75, 3.05) is 13.7 Å². The summed E-state index contributed by atoms with van der Waals surface area (Å²) in [6.07, 6.45) is 0. The molecule has 0 heterocycles. The van der Waals surface area contributed by atoms with Crippen LogP contribution in [0.5, 0.6) is 0 Å². The topological polar surface area (TPSA) is 69.4 Å². The van der Waals surface area contributed by atoms with Gasteiger partial charge in [0.2, 0.25) is 0 Å². The van der Waals surface area contributed by atoms with Crippen LogP contribution in [-0.2, 0) is 14.6 Å². The summed E-state index contributed by atoms with van der Waals surface area (Å²) in [6.45, 7) is 0.108. The fourth-order valence-electron chi connectivity index (χ4n) is 3.58. The Hall–Kier alpha value is -1.18. The second-order valence-electron chi connectivity index (χ2n) is 6.29. The molecule has 3 atom stereocenters. The van der Waals surface area contributed by atoms with E-state index in [-0.39, 0.29) is 16.5 Å². The number of benzene rings is 2. The third-order valence-electron chi connectivity index (χ3n) is 4.78. The molecule has 3 rings (SSSR count). The van der Waals surface area contributed by atoms with Crippen LogP contribution in [0.15, 0.2) is 53.4 Å². The van der Waals surface area contributed by atoms with Crippen LogP contribution in [0, 0.1) is 5.41 Å². The zero-order valence-corrected chi connectivity index (χ0v) is 17.0. The first-order valence-corrected chi connectivity index (χ1v) is 10.5. The van der Waals surface area contributed by atoms with Crippen molar-refractivity contribution in [3.8, 4) is 0 Å². The molecule has 0 aromatic heterocycles. The predicted octanol–water partition coefficient (Wildman–Crippen LogP) is 3.85. The zero-order valence-electron chi connectivity index (χ0n) is 13.9. The largest absolute Gasteiger partial charge is 0.393 e. The molecule has 0 aliphatic heterocycles. The molecule has 1 saturated carbocycles. The van der Waals surface area contributed by atoms with Crippen molar-refractivity contribution in [1.29, 1.82) is 0 Å². The van der Waals surface area contributed by atoms with Gasteiger partial charge in [0, 0.05) is 23.1 Å². The van der Waals surface area contributed by atoms with Crippen molar-refractivity contribution >= 4 is 50.2 Å². The van der Waals surface area contributed by atoms with E-state index < -0.39 is 26.4 Å². The van der Waals surface area contributed by atoms with Crippen LogP contribution in [0.25, 0.3) is 0 Å². The molecule has 8 heteroatoms. The van der Waals surface area contributed by atoms with E-state index in [2.05, 4.69) is 0 Å². The Morgan fingerprint density at radius 2 is 1.85 bits per heavy atom. The van der Waals surface area contributed by atoms with Crippen LogP contribution >= 0.6 is 35.4 Å². The Morgan fingerprint density at radius 3 is 2.38 bits per heavy atom. The third kappa shape index (κ3) is 3.14. The molecule has 0 bridgehead atoms. The molecule has 2 aromatic carbocycles. The van der Waals surface area contributed by atoms with E-state index in [9.17, 15) is 8.42 Å². The number of sulfone groups is 1. The lowest BCUT2D eigenvalue weighted by Crippen LogP contribution is -2.33. The van der Waals surface area contributed by atoms with E-state index in [0.717, 1.165) is 5.56 Å². The lowest BCUT2D eigenvalue weighted by molar-refractivity contribution is 0.166. The standard InChI is InChI=1S/C18H17Cl2NO3S2/c1-24-10-18(17(21)25)15(11-3-2-4-13(20)9-11)16(18)26(22,23)14-7-5-12(19)6-8-14/h2-9,15-16H,10H2,1H3,(H2,21,25)/t15-,16-,18+/m1/s1. The van der Waals surface area contributed by atoms with Gasteiger partial charge in [-0.3, -0.25) is 0 Å². The molecular formula is C18H17Cl2NO3S2. The van der Waals surface area contributed by atoms with Gasteiger partial charge in [0.15, 0.2) is 9.84 Å². The van der Waals surface area contributed by atoms with E-state index in [1.54, 1.807) is 30.3 Å². The average molecular weight is 430 g/mol. The van der Waals surface area contributed by atoms with Crippen LogP contribution < -0.4 is 5.73 Å². The predicted molar refractivity (Wildman–Crippen MR) is 108 cm³/mol. The van der Waals surface area contributed by atoms with Crippen molar-refractivity contribution < 1.29 is 13.2 Å². The molecule has 1 fully saturated rings. The maximum atomic E-state index is 13.3. The van der Waals surface area contributed by atoms with E-state index >= 15 is 0 Å². The second kappa shape index (κ2) is 7.09. The summed E-state index contributed by atoms with van der Waals surface area (Å²) < 4.78 is 32.0. The van der Waals surface area contributed by atoms with Crippen molar-refractivity contribution in [1.82, 2.24) is 0 Å². The number of methoxy groups -OCH3 is 1. The van der Waals surface area contributed by atoms with Gasteiger partial charge in [-0.1, -0.05) is 47.6 Å². The van der Waals surface area contributed by atoms with Crippen molar-refractivity contribution in [2.45, 2.75) is 16.1 Å². The quantitative estimate of drug-likeness (QED) is 0.705. The Kier molecular flexibility index (Phi) is 5.34. The third-order valence-corrected chi connectivity index (χ3v) is 7.94. The Labute approximate surface area is 168 Å². The van der Waals surface area contributed by atoms with Crippen LogP contribution in [0.4, 0.5) is 0 Å². The average Bonchev–Trinajstić information content (AvgIpc) is 3.27.